The van der Waals surface area contributed by atoms with Crippen molar-refractivity contribution < 1.29 is 19.1 Å². The van der Waals surface area contributed by atoms with E-state index in [1.165, 1.54) is 6.92 Å². The van der Waals surface area contributed by atoms with Crippen LogP contribution in [0.4, 0.5) is 0 Å². The predicted octanol–water partition coefficient (Wildman–Crippen LogP) is 2.24. The van der Waals surface area contributed by atoms with Crippen LogP contribution in [0.15, 0.2) is 10.5 Å². The van der Waals surface area contributed by atoms with Crippen LogP contribution in [0.25, 0.3) is 0 Å². The fourth-order valence-electron chi connectivity index (χ4n) is 1.57. The van der Waals surface area contributed by atoms with Crippen LogP contribution in [0.3, 0.4) is 0 Å². The minimum atomic E-state index is -0.125. The molecule has 1 aromatic carbocycles. The molecule has 0 aliphatic carbocycles. The van der Waals surface area contributed by atoms with Crippen molar-refractivity contribution in [3.8, 4) is 11.5 Å². The fourth-order valence-corrected chi connectivity index (χ4v) is 2.07. The van der Waals surface area contributed by atoms with Gasteiger partial charge in [-0.05, 0) is 28.9 Å². The van der Waals surface area contributed by atoms with Crippen molar-refractivity contribution in [1.29, 1.82) is 0 Å². The van der Waals surface area contributed by atoms with E-state index in [1.807, 2.05) is 0 Å². The maximum absolute atomic E-state index is 11.4. The summed E-state index contributed by atoms with van der Waals surface area (Å²) in [5.74, 6) is 0.588. The van der Waals surface area contributed by atoms with E-state index < -0.39 is 0 Å². The summed E-state index contributed by atoms with van der Waals surface area (Å²) in [6, 6.07) is 1.58. The number of ketones is 1. The Morgan fingerprint density at radius 2 is 2.00 bits per heavy atom. The molecule has 0 amide bonds. The molecular formula is C11H9BrO4. The van der Waals surface area contributed by atoms with E-state index >= 15 is 0 Å². The summed E-state index contributed by atoms with van der Waals surface area (Å²) in [5.41, 5.74) is 0.798. The van der Waals surface area contributed by atoms with Gasteiger partial charge in [-0.25, -0.2) is 0 Å². The molecule has 0 N–H and O–H groups in total. The van der Waals surface area contributed by atoms with Gasteiger partial charge in [0.2, 0.25) is 0 Å². The average molecular weight is 285 g/mol. The number of benzene rings is 1. The smallest absolute Gasteiger partial charge is 0.173 e. The van der Waals surface area contributed by atoms with Gasteiger partial charge in [-0.3, -0.25) is 9.59 Å². The number of halogens is 1. The normalized spacial score (nSPS) is 13.4. The van der Waals surface area contributed by atoms with Crippen LogP contribution < -0.4 is 9.47 Å². The molecule has 0 atom stereocenters. The highest BCUT2D eigenvalue weighted by molar-refractivity contribution is 9.10. The predicted molar refractivity (Wildman–Crippen MR) is 60.5 cm³/mol. The van der Waals surface area contributed by atoms with Gasteiger partial charge in [-0.15, -0.1) is 0 Å². The van der Waals surface area contributed by atoms with Gasteiger partial charge in [-0.1, -0.05) is 0 Å². The van der Waals surface area contributed by atoms with E-state index in [0.29, 0.717) is 46.6 Å². The first kappa shape index (κ1) is 11.1. The van der Waals surface area contributed by atoms with Crippen LogP contribution in [0, 0.1) is 0 Å². The largest absolute Gasteiger partial charge is 0.485 e. The van der Waals surface area contributed by atoms with Gasteiger partial charge in [-0.2, -0.15) is 0 Å². The number of hydrogen-bond donors (Lipinski definition) is 0. The van der Waals surface area contributed by atoms with Gasteiger partial charge in [0.15, 0.2) is 23.6 Å². The van der Waals surface area contributed by atoms with Crippen molar-refractivity contribution >= 4 is 28.0 Å². The van der Waals surface area contributed by atoms with Crippen molar-refractivity contribution in [2.45, 2.75) is 6.92 Å². The summed E-state index contributed by atoms with van der Waals surface area (Å²) < 4.78 is 11.3. The Hall–Kier alpha value is -1.36. The Morgan fingerprint density at radius 3 is 2.56 bits per heavy atom. The number of carbonyl (C=O) groups is 2. The van der Waals surface area contributed by atoms with Crippen LogP contribution in [0.5, 0.6) is 11.5 Å². The van der Waals surface area contributed by atoms with Gasteiger partial charge < -0.3 is 9.47 Å². The zero-order valence-electron chi connectivity index (χ0n) is 8.58. The second-order valence-corrected chi connectivity index (χ2v) is 4.20. The molecule has 0 saturated carbocycles. The Labute approximate surface area is 101 Å². The summed E-state index contributed by atoms with van der Waals surface area (Å²) in [7, 11) is 0. The highest BCUT2D eigenvalue weighted by atomic mass is 79.9. The summed E-state index contributed by atoms with van der Waals surface area (Å²) in [4.78, 5) is 22.4. The maximum atomic E-state index is 11.4. The molecule has 0 spiro atoms. The number of rotatable bonds is 2. The van der Waals surface area contributed by atoms with Crippen LogP contribution in [0.1, 0.15) is 27.6 Å². The molecule has 0 saturated heterocycles. The van der Waals surface area contributed by atoms with Gasteiger partial charge >= 0.3 is 0 Å². The van der Waals surface area contributed by atoms with E-state index in [4.69, 9.17) is 9.47 Å². The van der Waals surface area contributed by atoms with Crippen LogP contribution in [0.2, 0.25) is 0 Å². The SMILES string of the molecule is CC(=O)c1cc(Br)c(C=O)c2c1OCCO2. The first-order valence-electron chi connectivity index (χ1n) is 4.73. The van der Waals surface area contributed by atoms with E-state index in [1.54, 1.807) is 6.07 Å². The van der Waals surface area contributed by atoms with Crippen LogP contribution >= 0.6 is 15.9 Å². The number of fused-ring (bicyclic) bond motifs is 1. The Balaban J connectivity index is 2.71. The van der Waals surface area contributed by atoms with Gasteiger partial charge in [0, 0.05) is 4.47 Å². The second kappa shape index (κ2) is 4.25. The molecule has 1 aliphatic heterocycles. The molecule has 1 aromatic rings. The van der Waals surface area contributed by atoms with Crippen LogP contribution in [-0.2, 0) is 0 Å². The van der Waals surface area contributed by atoms with Crippen molar-refractivity contribution in [2.24, 2.45) is 0 Å². The minimum absolute atomic E-state index is 0.125. The van der Waals surface area contributed by atoms with E-state index in [-0.39, 0.29) is 5.78 Å². The first-order chi connectivity index (χ1) is 7.65. The van der Waals surface area contributed by atoms with E-state index in [0.717, 1.165) is 0 Å². The molecule has 0 aromatic heterocycles. The lowest BCUT2D eigenvalue weighted by molar-refractivity contribution is 0.0998. The third kappa shape index (κ3) is 1.71. The molecule has 0 unspecified atom stereocenters. The molecule has 1 aliphatic rings. The summed E-state index contributed by atoms with van der Waals surface area (Å²) in [6.07, 6.45) is 0.682. The highest BCUT2D eigenvalue weighted by Crippen LogP contribution is 2.40. The monoisotopic (exact) mass is 284 g/mol. The van der Waals surface area contributed by atoms with Crippen molar-refractivity contribution in [2.75, 3.05) is 13.2 Å². The molecule has 0 radical (unpaired) electrons. The van der Waals surface area contributed by atoms with Crippen molar-refractivity contribution in [3.63, 3.8) is 0 Å². The quantitative estimate of drug-likeness (QED) is 0.617. The highest BCUT2D eigenvalue weighted by Gasteiger charge is 2.24. The number of ether oxygens (including phenoxy) is 2. The first-order valence-corrected chi connectivity index (χ1v) is 5.52. The number of carbonyl (C=O) groups excluding carboxylic acids is 2. The van der Waals surface area contributed by atoms with E-state index in [2.05, 4.69) is 15.9 Å². The lowest BCUT2D eigenvalue weighted by atomic mass is 10.1. The fraction of sp³-hybridized carbons (Fsp3) is 0.273. The number of hydrogen-bond acceptors (Lipinski definition) is 4. The van der Waals surface area contributed by atoms with Gasteiger partial charge in [0.25, 0.3) is 0 Å². The molecule has 4 nitrogen and oxygen atoms in total. The summed E-state index contributed by atoms with van der Waals surface area (Å²) >= 11 is 3.24. The summed E-state index contributed by atoms with van der Waals surface area (Å²) in [5, 5.41) is 0. The number of aldehydes is 1. The molecule has 84 valence electrons. The van der Waals surface area contributed by atoms with Gasteiger partial charge in [0.05, 0.1) is 11.1 Å². The standard InChI is InChI=1S/C11H9BrO4/c1-6(14)7-4-9(12)8(5-13)11-10(7)15-2-3-16-11/h4-5H,2-3H2,1H3. The lowest BCUT2D eigenvalue weighted by Crippen LogP contribution is -2.19. The molecule has 0 bridgehead atoms. The molecule has 0 fully saturated rings. The average Bonchev–Trinajstić information content (AvgIpc) is 2.28. The zero-order valence-corrected chi connectivity index (χ0v) is 10.2. The second-order valence-electron chi connectivity index (χ2n) is 3.35. The third-order valence-corrected chi connectivity index (χ3v) is 2.95. The Kier molecular flexibility index (Phi) is 2.96. The van der Waals surface area contributed by atoms with Crippen LogP contribution in [-0.4, -0.2) is 25.3 Å². The Bertz CT molecular complexity index is 468. The lowest BCUT2D eigenvalue weighted by Gasteiger charge is -2.22. The Morgan fingerprint density at radius 1 is 1.38 bits per heavy atom. The van der Waals surface area contributed by atoms with Crippen molar-refractivity contribution in [3.05, 3.63) is 21.7 Å². The van der Waals surface area contributed by atoms with Crippen molar-refractivity contribution in [1.82, 2.24) is 0 Å². The molecule has 5 heteroatoms. The van der Waals surface area contributed by atoms with E-state index in [9.17, 15) is 9.59 Å². The third-order valence-electron chi connectivity index (χ3n) is 2.30. The molecule has 1 heterocycles. The van der Waals surface area contributed by atoms with Gasteiger partial charge in [0.1, 0.15) is 13.2 Å². The molecule has 16 heavy (non-hydrogen) atoms. The zero-order chi connectivity index (χ0) is 11.7. The molecular weight excluding hydrogens is 276 g/mol. The maximum Gasteiger partial charge on any atom is 0.173 e. The minimum Gasteiger partial charge on any atom is -0.485 e. The molecule has 2 rings (SSSR count). The summed E-state index contributed by atoms with van der Waals surface area (Å²) in [6.45, 7) is 2.20. The number of Topliss-reactive ketones (excluding diaryl/α,β-unsaturated/α-hetero) is 1. The topological polar surface area (TPSA) is 52.6 Å².